The summed E-state index contributed by atoms with van der Waals surface area (Å²) in [4.78, 5) is 37.4. The lowest BCUT2D eigenvalue weighted by atomic mass is 10.1. The minimum Gasteiger partial charge on any atom is -0.352 e. The van der Waals surface area contributed by atoms with Gasteiger partial charge in [0.05, 0.1) is 6.42 Å². The first kappa shape index (κ1) is 15.9. The van der Waals surface area contributed by atoms with Crippen molar-refractivity contribution in [2.75, 3.05) is 14.1 Å². The van der Waals surface area contributed by atoms with Crippen molar-refractivity contribution in [3.8, 4) is 0 Å². The van der Waals surface area contributed by atoms with Crippen LogP contribution >= 0.6 is 0 Å². The van der Waals surface area contributed by atoms with Crippen LogP contribution in [0.25, 0.3) is 0 Å². The summed E-state index contributed by atoms with van der Waals surface area (Å²) in [6.45, 7) is 0.00441. The van der Waals surface area contributed by atoms with Gasteiger partial charge in [0.15, 0.2) is 11.6 Å². The van der Waals surface area contributed by atoms with Gasteiger partial charge < -0.3 is 10.2 Å². The predicted octanol–water partition coefficient (Wildman–Crippen LogP) is 0.863. The zero-order valence-corrected chi connectivity index (χ0v) is 12.1. The number of benzene rings is 1. The zero-order valence-electron chi connectivity index (χ0n) is 12.1. The van der Waals surface area contributed by atoms with Gasteiger partial charge in [-0.15, -0.1) is 0 Å². The molecule has 6 nitrogen and oxygen atoms in total. The highest BCUT2D eigenvalue weighted by molar-refractivity contribution is 6.05. The Morgan fingerprint density at radius 1 is 1.23 bits per heavy atom. The minimum atomic E-state index is -0.996. The summed E-state index contributed by atoms with van der Waals surface area (Å²) >= 11 is 0. The van der Waals surface area contributed by atoms with E-state index in [-0.39, 0.29) is 13.0 Å². The van der Waals surface area contributed by atoms with Crippen LogP contribution < -0.4 is 5.32 Å². The number of carbonyl (C=O) groups excluding carboxylic acids is 3. The Morgan fingerprint density at radius 2 is 1.91 bits per heavy atom. The number of carbonyl (C=O) groups is 3. The van der Waals surface area contributed by atoms with Crippen LogP contribution in [0.2, 0.25) is 0 Å². The normalized spacial score (nSPS) is 18.1. The molecule has 1 unspecified atom stereocenters. The smallest absolute Gasteiger partial charge is 0.326 e. The van der Waals surface area contributed by atoms with Crippen LogP contribution in [0, 0.1) is 11.6 Å². The number of hydrogen-bond donors (Lipinski definition) is 1. The number of nitrogens with zero attached hydrogens (tertiary/aromatic N) is 2. The molecular formula is C14H15F2N3O3. The van der Waals surface area contributed by atoms with E-state index in [4.69, 9.17) is 0 Å². The molecule has 1 atom stereocenters. The molecule has 1 N–H and O–H groups in total. The third kappa shape index (κ3) is 3.05. The van der Waals surface area contributed by atoms with Gasteiger partial charge in [0.2, 0.25) is 5.91 Å². The van der Waals surface area contributed by atoms with Gasteiger partial charge in [0, 0.05) is 20.6 Å². The lowest BCUT2D eigenvalue weighted by Crippen LogP contribution is -2.37. The van der Waals surface area contributed by atoms with E-state index in [9.17, 15) is 23.2 Å². The lowest BCUT2D eigenvalue weighted by molar-refractivity contribution is -0.131. The van der Waals surface area contributed by atoms with E-state index in [1.54, 1.807) is 0 Å². The number of rotatable bonds is 4. The van der Waals surface area contributed by atoms with Gasteiger partial charge in [-0.05, 0) is 17.7 Å². The monoisotopic (exact) mass is 311 g/mol. The van der Waals surface area contributed by atoms with E-state index >= 15 is 0 Å². The van der Waals surface area contributed by atoms with Crippen molar-refractivity contribution < 1.29 is 23.2 Å². The van der Waals surface area contributed by atoms with E-state index < -0.39 is 35.5 Å². The third-order valence-corrected chi connectivity index (χ3v) is 3.52. The first-order valence-corrected chi connectivity index (χ1v) is 6.56. The van der Waals surface area contributed by atoms with Crippen molar-refractivity contribution in [3.05, 3.63) is 35.4 Å². The highest BCUT2D eigenvalue weighted by Crippen LogP contribution is 2.16. The molecule has 0 spiro atoms. The molecule has 1 saturated heterocycles. The first-order valence-electron chi connectivity index (χ1n) is 6.56. The van der Waals surface area contributed by atoms with Crippen LogP contribution in [-0.2, 0) is 16.1 Å². The Labute approximate surface area is 125 Å². The summed E-state index contributed by atoms with van der Waals surface area (Å²) in [5, 5.41) is 2.51. The Balaban J connectivity index is 1.92. The molecule has 0 aliphatic carbocycles. The van der Waals surface area contributed by atoms with Gasteiger partial charge in [0.1, 0.15) is 6.04 Å². The average molecular weight is 311 g/mol. The van der Waals surface area contributed by atoms with Crippen molar-refractivity contribution in [2.45, 2.75) is 19.0 Å². The molecule has 0 saturated carbocycles. The largest absolute Gasteiger partial charge is 0.352 e. The molecule has 8 heteroatoms. The van der Waals surface area contributed by atoms with Gasteiger partial charge in [0.25, 0.3) is 5.91 Å². The second kappa shape index (κ2) is 6.08. The topological polar surface area (TPSA) is 69.7 Å². The van der Waals surface area contributed by atoms with Crippen molar-refractivity contribution >= 4 is 17.8 Å². The molecule has 22 heavy (non-hydrogen) atoms. The molecular weight excluding hydrogens is 296 g/mol. The molecule has 0 bridgehead atoms. The van der Waals surface area contributed by atoms with Crippen LogP contribution in [-0.4, -0.2) is 47.8 Å². The number of likely N-dealkylation sites (N-methyl/N-ethyl adjacent to an activating group) is 2. The van der Waals surface area contributed by atoms with Crippen LogP contribution in [0.15, 0.2) is 18.2 Å². The molecule has 0 aromatic heterocycles. The molecule has 2 rings (SSSR count). The van der Waals surface area contributed by atoms with Gasteiger partial charge >= 0.3 is 6.03 Å². The summed E-state index contributed by atoms with van der Waals surface area (Å²) in [5.41, 5.74) is 0.395. The van der Waals surface area contributed by atoms with E-state index in [0.29, 0.717) is 5.56 Å². The molecule has 1 heterocycles. The summed E-state index contributed by atoms with van der Waals surface area (Å²) in [6.07, 6.45) is -0.185. The molecule has 118 valence electrons. The molecule has 0 radical (unpaired) electrons. The summed E-state index contributed by atoms with van der Waals surface area (Å²) in [7, 11) is 2.79. The SMILES string of the molecule is CN1C(=O)C(CC(=O)NCc2ccc(F)c(F)c2)N(C)C1=O. The predicted molar refractivity (Wildman–Crippen MR) is 72.5 cm³/mol. The van der Waals surface area contributed by atoms with Crippen LogP contribution in [0.1, 0.15) is 12.0 Å². The fourth-order valence-electron chi connectivity index (χ4n) is 2.18. The highest BCUT2D eigenvalue weighted by Gasteiger charge is 2.41. The third-order valence-electron chi connectivity index (χ3n) is 3.52. The Morgan fingerprint density at radius 3 is 2.45 bits per heavy atom. The summed E-state index contributed by atoms with van der Waals surface area (Å²) in [6, 6.07) is 1.99. The van der Waals surface area contributed by atoms with Crippen molar-refractivity contribution in [3.63, 3.8) is 0 Å². The molecule has 1 aliphatic rings. The van der Waals surface area contributed by atoms with Crippen molar-refractivity contribution in [2.24, 2.45) is 0 Å². The van der Waals surface area contributed by atoms with E-state index in [0.717, 1.165) is 17.0 Å². The number of hydrogen-bond acceptors (Lipinski definition) is 3. The number of urea groups is 1. The number of amides is 4. The molecule has 1 aromatic rings. The second-order valence-corrected chi connectivity index (χ2v) is 5.04. The lowest BCUT2D eigenvalue weighted by Gasteiger charge is -2.15. The second-order valence-electron chi connectivity index (χ2n) is 5.04. The number of nitrogens with one attached hydrogen (secondary N) is 1. The van der Waals surface area contributed by atoms with E-state index in [1.807, 2.05) is 0 Å². The molecule has 1 aliphatic heterocycles. The quantitative estimate of drug-likeness (QED) is 0.839. The maximum atomic E-state index is 13.0. The Hall–Kier alpha value is -2.51. The number of imide groups is 1. The van der Waals surface area contributed by atoms with Crippen LogP contribution in [0.3, 0.4) is 0 Å². The van der Waals surface area contributed by atoms with Gasteiger partial charge in [-0.2, -0.15) is 0 Å². The maximum absolute atomic E-state index is 13.0. The van der Waals surface area contributed by atoms with Gasteiger partial charge in [-0.1, -0.05) is 6.07 Å². The first-order chi connectivity index (χ1) is 10.3. The molecule has 4 amide bonds. The molecule has 1 fully saturated rings. The minimum absolute atomic E-state index is 0.00441. The van der Waals surface area contributed by atoms with E-state index in [1.165, 1.54) is 25.1 Å². The van der Waals surface area contributed by atoms with Gasteiger partial charge in [-0.3, -0.25) is 14.5 Å². The van der Waals surface area contributed by atoms with Crippen molar-refractivity contribution in [1.82, 2.24) is 15.1 Å². The van der Waals surface area contributed by atoms with Crippen molar-refractivity contribution in [1.29, 1.82) is 0 Å². The van der Waals surface area contributed by atoms with Crippen LogP contribution in [0.5, 0.6) is 0 Å². The standard InChI is InChI=1S/C14H15F2N3O3/c1-18-11(13(21)19(2)14(18)22)6-12(20)17-7-8-3-4-9(15)10(16)5-8/h3-5,11H,6-7H2,1-2H3,(H,17,20). The maximum Gasteiger partial charge on any atom is 0.326 e. The highest BCUT2D eigenvalue weighted by atomic mass is 19.2. The Bertz CT molecular complexity index is 636. The number of halogens is 2. The fourth-order valence-corrected chi connectivity index (χ4v) is 2.18. The summed E-state index contributed by atoms with van der Waals surface area (Å²) in [5.74, 6) is -2.87. The zero-order chi connectivity index (χ0) is 16.4. The fraction of sp³-hybridized carbons (Fsp3) is 0.357. The van der Waals surface area contributed by atoms with Gasteiger partial charge in [-0.25, -0.2) is 13.6 Å². The summed E-state index contributed by atoms with van der Waals surface area (Å²) < 4.78 is 25.8. The van der Waals surface area contributed by atoms with Crippen LogP contribution in [0.4, 0.5) is 13.6 Å². The Kier molecular flexibility index (Phi) is 4.39. The van der Waals surface area contributed by atoms with E-state index in [2.05, 4.69) is 5.32 Å². The average Bonchev–Trinajstić information content (AvgIpc) is 2.66. The molecule has 1 aromatic carbocycles.